The zero-order valence-corrected chi connectivity index (χ0v) is 34.7. The molecule has 0 bridgehead atoms. The van der Waals surface area contributed by atoms with Crippen molar-refractivity contribution in [1.29, 1.82) is 0 Å². The SMILES string of the molecule is CCCCCCc1c(CCCCCC)c2sc(/C=C/c3cc4c(s3)c(CCCCCC)c(CCCCCC)c3sccc34)cc2c2ccsc12. The van der Waals surface area contributed by atoms with Crippen molar-refractivity contribution in [2.24, 2.45) is 0 Å². The van der Waals surface area contributed by atoms with Crippen LogP contribution in [0.25, 0.3) is 52.5 Å². The lowest BCUT2D eigenvalue weighted by Gasteiger charge is -2.13. The molecule has 0 radical (unpaired) electrons. The van der Waals surface area contributed by atoms with Crippen molar-refractivity contribution >= 4 is 97.8 Å². The first kappa shape index (κ1) is 37.8. The molecule has 0 unspecified atom stereocenters. The van der Waals surface area contributed by atoms with Crippen molar-refractivity contribution in [2.75, 3.05) is 0 Å². The smallest absolute Gasteiger partial charge is 0.0390 e. The molecule has 6 rings (SSSR count). The van der Waals surface area contributed by atoms with E-state index in [-0.39, 0.29) is 0 Å². The molecular formula is C46H60S4. The molecule has 0 saturated heterocycles. The first-order valence-corrected chi connectivity index (χ1v) is 23.6. The molecule has 50 heavy (non-hydrogen) atoms. The van der Waals surface area contributed by atoms with E-state index in [2.05, 4.69) is 97.5 Å². The molecule has 0 atom stereocenters. The number of benzene rings is 2. The fourth-order valence-corrected chi connectivity index (χ4v) is 12.4. The standard InChI is InChI=1S/C46H60S4/c1-5-9-13-17-21-35-37(23-19-15-11-7-3)45-41(39-27-29-47-43(35)39)31-33(49-45)25-26-34-32-42-40-28-30-48-44(40)36(22-18-14-10-6-2)38(46(42)50-34)24-20-16-12-8-4/h25-32H,5-24H2,1-4H3/b26-25+. The van der Waals surface area contributed by atoms with Crippen molar-refractivity contribution in [3.8, 4) is 0 Å². The maximum absolute atomic E-state index is 2.51. The second-order valence-corrected chi connectivity index (χ2v) is 18.6. The van der Waals surface area contributed by atoms with E-state index in [4.69, 9.17) is 0 Å². The lowest BCUT2D eigenvalue weighted by Crippen LogP contribution is -1.97. The summed E-state index contributed by atoms with van der Waals surface area (Å²) in [7, 11) is 0. The predicted octanol–water partition coefficient (Wildman–Crippen LogP) is 17.2. The molecular weight excluding hydrogens is 681 g/mol. The molecule has 6 aromatic rings. The second kappa shape index (κ2) is 19.2. The minimum Gasteiger partial charge on any atom is -0.143 e. The Kier molecular flexibility index (Phi) is 14.5. The molecule has 0 N–H and O–H groups in total. The average molecular weight is 741 g/mol. The van der Waals surface area contributed by atoms with Crippen molar-refractivity contribution in [3.05, 3.63) is 67.0 Å². The van der Waals surface area contributed by atoms with Crippen molar-refractivity contribution in [1.82, 2.24) is 0 Å². The maximum atomic E-state index is 2.51. The van der Waals surface area contributed by atoms with Crippen molar-refractivity contribution in [2.45, 2.75) is 156 Å². The minimum atomic E-state index is 1.23. The predicted molar refractivity (Wildman–Crippen MR) is 235 cm³/mol. The van der Waals surface area contributed by atoms with Crippen LogP contribution in [-0.2, 0) is 25.7 Å². The lowest BCUT2D eigenvalue weighted by atomic mass is 9.93. The Hall–Kier alpha value is -1.98. The molecule has 0 spiro atoms. The number of fused-ring (bicyclic) bond motifs is 6. The monoisotopic (exact) mass is 740 g/mol. The minimum absolute atomic E-state index is 1.23. The molecule has 4 aromatic heterocycles. The number of aryl methyl sites for hydroxylation is 4. The summed E-state index contributed by atoms with van der Waals surface area (Å²) in [5.41, 5.74) is 6.70. The average Bonchev–Trinajstić information content (AvgIpc) is 3.94. The molecule has 0 aliphatic heterocycles. The summed E-state index contributed by atoms with van der Waals surface area (Å²) in [6, 6.07) is 9.83. The molecule has 0 aliphatic carbocycles. The van der Waals surface area contributed by atoms with E-state index in [1.54, 1.807) is 41.1 Å². The fourth-order valence-electron chi connectivity index (χ4n) is 8.03. The highest BCUT2D eigenvalue weighted by Crippen LogP contribution is 2.44. The Morgan fingerprint density at radius 2 is 0.740 bits per heavy atom. The lowest BCUT2D eigenvalue weighted by molar-refractivity contribution is 0.654. The maximum Gasteiger partial charge on any atom is 0.0390 e. The van der Waals surface area contributed by atoms with Gasteiger partial charge in [-0.1, -0.05) is 105 Å². The Morgan fingerprint density at radius 3 is 1.08 bits per heavy atom. The largest absolute Gasteiger partial charge is 0.143 e. The summed E-state index contributed by atoms with van der Waals surface area (Å²) in [5, 5.41) is 10.6. The van der Waals surface area contributed by atoms with Gasteiger partial charge in [0.2, 0.25) is 0 Å². The summed E-state index contributed by atoms with van der Waals surface area (Å²) < 4.78 is 6.26. The third-order valence-corrected chi connectivity index (χ3v) is 15.0. The van der Waals surface area contributed by atoms with Crippen LogP contribution in [0.3, 0.4) is 0 Å². The van der Waals surface area contributed by atoms with E-state index < -0.39 is 0 Å². The van der Waals surface area contributed by atoms with Crippen LogP contribution in [0.2, 0.25) is 0 Å². The molecule has 4 heteroatoms. The van der Waals surface area contributed by atoms with E-state index >= 15 is 0 Å². The summed E-state index contributed by atoms with van der Waals surface area (Å²) in [5.74, 6) is 0. The Balaban J connectivity index is 1.36. The van der Waals surface area contributed by atoms with Gasteiger partial charge in [-0.2, -0.15) is 0 Å². The zero-order chi connectivity index (χ0) is 34.7. The van der Waals surface area contributed by atoms with Gasteiger partial charge < -0.3 is 0 Å². The third-order valence-electron chi connectivity index (χ3n) is 10.8. The van der Waals surface area contributed by atoms with Crippen LogP contribution in [0.4, 0.5) is 0 Å². The third kappa shape index (κ3) is 8.79. The fraction of sp³-hybridized carbons (Fsp3) is 0.522. The van der Waals surface area contributed by atoms with E-state index in [9.17, 15) is 0 Å². The molecule has 2 aromatic carbocycles. The van der Waals surface area contributed by atoms with E-state index in [0.29, 0.717) is 0 Å². The van der Waals surface area contributed by atoms with Gasteiger partial charge in [0.05, 0.1) is 0 Å². The van der Waals surface area contributed by atoms with Gasteiger partial charge in [0, 0.05) is 50.1 Å². The molecule has 0 amide bonds. The van der Waals surface area contributed by atoms with Crippen molar-refractivity contribution < 1.29 is 0 Å². The van der Waals surface area contributed by atoms with E-state index in [1.807, 2.05) is 22.7 Å². The van der Waals surface area contributed by atoms with Gasteiger partial charge in [-0.15, -0.1) is 45.3 Å². The van der Waals surface area contributed by atoms with Gasteiger partial charge in [-0.05, 0) is 121 Å². The van der Waals surface area contributed by atoms with Gasteiger partial charge >= 0.3 is 0 Å². The highest BCUT2D eigenvalue weighted by Gasteiger charge is 2.19. The van der Waals surface area contributed by atoms with Crippen LogP contribution in [0.1, 0.15) is 162 Å². The van der Waals surface area contributed by atoms with Gasteiger partial charge in [-0.25, -0.2) is 0 Å². The topological polar surface area (TPSA) is 0 Å². The first-order chi connectivity index (χ1) is 24.7. The van der Waals surface area contributed by atoms with Crippen LogP contribution >= 0.6 is 45.3 Å². The number of hydrogen-bond donors (Lipinski definition) is 0. The zero-order valence-electron chi connectivity index (χ0n) is 31.4. The summed E-state index contributed by atoms with van der Waals surface area (Å²) in [4.78, 5) is 2.81. The molecule has 0 fully saturated rings. The summed E-state index contributed by atoms with van der Waals surface area (Å²) >= 11 is 8.07. The molecule has 0 aliphatic rings. The molecule has 0 saturated carbocycles. The van der Waals surface area contributed by atoms with Gasteiger partial charge in [0.15, 0.2) is 0 Å². The Morgan fingerprint density at radius 1 is 0.400 bits per heavy atom. The number of hydrogen-bond acceptors (Lipinski definition) is 4. The number of thiophene rings is 4. The summed E-state index contributed by atoms with van der Waals surface area (Å²) in [6.07, 6.45) is 31.1. The highest BCUT2D eigenvalue weighted by atomic mass is 32.1. The van der Waals surface area contributed by atoms with Crippen LogP contribution < -0.4 is 0 Å². The second-order valence-electron chi connectivity index (χ2n) is 14.6. The van der Waals surface area contributed by atoms with Gasteiger partial charge in [0.25, 0.3) is 0 Å². The quantitative estimate of drug-likeness (QED) is 0.0608. The van der Waals surface area contributed by atoms with Crippen LogP contribution in [-0.4, -0.2) is 0 Å². The van der Waals surface area contributed by atoms with Crippen LogP contribution in [0.15, 0.2) is 35.0 Å². The Labute approximate surface area is 319 Å². The van der Waals surface area contributed by atoms with Gasteiger partial charge in [-0.3, -0.25) is 0 Å². The van der Waals surface area contributed by atoms with Crippen molar-refractivity contribution in [3.63, 3.8) is 0 Å². The molecule has 0 nitrogen and oxygen atoms in total. The van der Waals surface area contributed by atoms with Crippen LogP contribution in [0.5, 0.6) is 0 Å². The van der Waals surface area contributed by atoms with Crippen LogP contribution in [0, 0.1) is 0 Å². The molecule has 4 heterocycles. The number of unbranched alkanes of at least 4 members (excludes halogenated alkanes) is 12. The first-order valence-electron chi connectivity index (χ1n) is 20.2. The highest BCUT2D eigenvalue weighted by molar-refractivity contribution is 7.22. The van der Waals surface area contributed by atoms with Gasteiger partial charge in [0.1, 0.15) is 0 Å². The molecule has 268 valence electrons. The Bertz CT molecular complexity index is 1830. The summed E-state index contributed by atoms with van der Waals surface area (Å²) in [6.45, 7) is 9.31. The number of rotatable bonds is 22. The normalized spacial score (nSPS) is 12.3. The van der Waals surface area contributed by atoms with E-state index in [1.165, 1.54) is 160 Å². The van der Waals surface area contributed by atoms with E-state index in [0.717, 1.165) is 0 Å².